The number of aryl methyl sites for hydroxylation is 1. The average Bonchev–Trinajstić information content (AvgIpc) is 2.61. The van der Waals surface area contributed by atoms with Crippen LogP contribution >= 0.6 is 0 Å². The van der Waals surface area contributed by atoms with Gasteiger partial charge in [0.15, 0.2) is 0 Å². The number of hydrogen-bond acceptors (Lipinski definition) is 4. The molecule has 1 aromatic carbocycles. The van der Waals surface area contributed by atoms with Crippen LogP contribution in [0.15, 0.2) is 55.0 Å². The number of methoxy groups -OCH3 is 1. The van der Waals surface area contributed by atoms with Gasteiger partial charge < -0.3 is 9.47 Å². The number of benzene rings is 1. The van der Waals surface area contributed by atoms with Gasteiger partial charge in [-0.15, -0.1) is 0 Å². The fourth-order valence-corrected chi connectivity index (χ4v) is 2.40. The standard InChI is InChI=1S/C19H17FN2O2/c1-13-18(4-3-7-22-13)24-12-14-8-15(11-21-10-14)17-9-16(20)5-6-19(17)23-2/h3-11H,12H2,1-2H3. The van der Waals surface area contributed by atoms with Crippen LogP contribution in [0.25, 0.3) is 11.1 Å². The van der Waals surface area contributed by atoms with Crippen LogP contribution in [0, 0.1) is 12.7 Å². The Morgan fingerprint density at radius 2 is 1.96 bits per heavy atom. The summed E-state index contributed by atoms with van der Waals surface area (Å²) in [6.07, 6.45) is 5.12. The third-order valence-corrected chi connectivity index (χ3v) is 3.62. The van der Waals surface area contributed by atoms with E-state index in [9.17, 15) is 4.39 Å². The molecule has 0 radical (unpaired) electrons. The predicted molar refractivity (Wildman–Crippen MR) is 89.5 cm³/mol. The minimum atomic E-state index is -0.321. The van der Waals surface area contributed by atoms with Crippen LogP contribution in [0.3, 0.4) is 0 Å². The zero-order chi connectivity index (χ0) is 16.9. The highest BCUT2D eigenvalue weighted by Gasteiger charge is 2.09. The molecular weight excluding hydrogens is 307 g/mol. The molecule has 0 saturated carbocycles. The molecule has 3 rings (SSSR count). The lowest BCUT2D eigenvalue weighted by molar-refractivity contribution is 0.302. The molecule has 0 spiro atoms. The van der Waals surface area contributed by atoms with Crippen molar-refractivity contribution >= 4 is 0 Å². The summed E-state index contributed by atoms with van der Waals surface area (Å²) in [6, 6.07) is 10.0. The van der Waals surface area contributed by atoms with Crippen molar-refractivity contribution in [3.63, 3.8) is 0 Å². The second-order valence-corrected chi connectivity index (χ2v) is 5.30. The normalized spacial score (nSPS) is 10.5. The van der Waals surface area contributed by atoms with Gasteiger partial charge in [-0.05, 0) is 43.3 Å². The van der Waals surface area contributed by atoms with E-state index in [0.29, 0.717) is 17.9 Å². The molecule has 0 aliphatic heterocycles. The smallest absolute Gasteiger partial charge is 0.141 e. The van der Waals surface area contributed by atoms with Crippen molar-refractivity contribution in [2.24, 2.45) is 0 Å². The van der Waals surface area contributed by atoms with Crippen LogP contribution in [0.2, 0.25) is 0 Å². The molecule has 0 atom stereocenters. The van der Waals surface area contributed by atoms with E-state index < -0.39 is 0 Å². The number of pyridine rings is 2. The molecular formula is C19H17FN2O2. The van der Waals surface area contributed by atoms with Gasteiger partial charge in [-0.2, -0.15) is 0 Å². The van der Waals surface area contributed by atoms with E-state index in [-0.39, 0.29) is 5.82 Å². The number of ether oxygens (including phenoxy) is 2. The van der Waals surface area contributed by atoms with Gasteiger partial charge in [-0.25, -0.2) is 4.39 Å². The van der Waals surface area contributed by atoms with Crippen LogP contribution < -0.4 is 9.47 Å². The van der Waals surface area contributed by atoms with Crippen molar-refractivity contribution in [1.29, 1.82) is 0 Å². The monoisotopic (exact) mass is 324 g/mol. The van der Waals surface area contributed by atoms with Crippen molar-refractivity contribution < 1.29 is 13.9 Å². The fraction of sp³-hybridized carbons (Fsp3) is 0.158. The molecule has 0 bridgehead atoms. The first-order valence-electron chi connectivity index (χ1n) is 7.49. The maximum Gasteiger partial charge on any atom is 0.141 e. The summed E-state index contributed by atoms with van der Waals surface area (Å²) in [5.74, 6) is 1.00. The number of rotatable bonds is 5. The number of aromatic nitrogens is 2. The van der Waals surface area contributed by atoms with Gasteiger partial charge in [0.1, 0.15) is 23.9 Å². The maximum atomic E-state index is 13.6. The Hall–Kier alpha value is -2.95. The number of halogens is 1. The largest absolute Gasteiger partial charge is 0.496 e. The Morgan fingerprint density at radius 1 is 1.08 bits per heavy atom. The van der Waals surface area contributed by atoms with Crippen LogP contribution in [0.4, 0.5) is 4.39 Å². The molecule has 24 heavy (non-hydrogen) atoms. The third-order valence-electron chi connectivity index (χ3n) is 3.62. The first kappa shape index (κ1) is 15.9. The molecule has 2 heterocycles. The van der Waals surface area contributed by atoms with E-state index in [0.717, 1.165) is 22.6 Å². The molecule has 0 N–H and O–H groups in total. The molecule has 2 aromatic heterocycles. The highest BCUT2D eigenvalue weighted by atomic mass is 19.1. The second-order valence-electron chi connectivity index (χ2n) is 5.30. The maximum absolute atomic E-state index is 13.6. The van der Waals surface area contributed by atoms with Crippen molar-refractivity contribution in [2.45, 2.75) is 13.5 Å². The zero-order valence-electron chi connectivity index (χ0n) is 13.5. The first-order chi connectivity index (χ1) is 11.7. The predicted octanol–water partition coefficient (Wildman–Crippen LogP) is 4.18. The molecule has 5 heteroatoms. The summed E-state index contributed by atoms with van der Waals surface area (Å²) < 4.78 is 24.7. The van der Waals surface area contributed by atoms with Gasteiger partial charge in [-0.1, -0.05) is 0 Å². The third kappa shape index (κ3) is 3.51. The van der Waals surface area contributed by atoms with Gasteiger partial charge in [-0.3, -0.25) is 9.97 Å². The minimum Gasteiger partial charge on any atom is -0.496 e. The van der Waals surface area contributed by atoms with Crippen LogP contribution in [-0.4, -0.2) is 17.1 Å². The molecule has 0 amide bonds. The first-order valence-corrected chi connectivity index (χ1v) is 7.49. The Kier molecular flexibility index (Phi) is 4.70. The van der Waals surface area contributed by atoms with Gasteiger partial charge >= 0.3 is 0 Å². The Morgan fingerprint density at radius 3 is 2.75 bits per heavy atom. The quantitative estimate of drug-likeness (QED) is 0.706. The molecule has 0 unspecified atom stereocenters. The summed E-state index contributed by atoms with van der Waals surface area (Å²) in [5.41, 5.74) is 3.13. The summed E-state index contributed by atoms with van der Waals surface area (Å²) in [7, 11) is 1.56. The summed E-state index contributed by atoms with van der Waals surface area (Å²) in [5, 5.41) is 0. The van der Waals surface area contributed by atoms with Crippen LogP contribution in [0.5, 0.6) is 11.5 Å². The molecule has 0 fully saturated rings. The Balaban J connectivity index is 1.85. The molecule has 122 valence electrons. The summed E-state index contributed by atoms with van der Waals surface area (Å²) >= 11 is 0. The summed E-state index contributed by atoms with van der Waals surface area (Å²) in [4.78, 5) is 8.42. The lowest BCUT2D eigenvalue weighted by Gasteiger charge is -2.11. The average molecular weight is 324 g/mol. The van der Waals surface area contributed by atoms with Crippen LogP contribution in [0.1, 0.15) is 11.3 Å². The number of nitrogens with zero attached hydrogens (tertiary/aromatic N) is 2. The Labute approximate surface area is 139 Å². The highest BCUT2D eigenvalue weighted by Crippen LogP contribution is 2.30. The van der Waals surface area contributed by atoms with Crippen LogP contribution in [-0.2, 0) is 6.61 Å². The molecule has 0 saturated heterocycles. The number of hydrogen-bond donors (Lipinski definition) is 0. The van der Waals surface area contributed by atoms with E-state index in [1.807, 2.05) is 25.1 Å². The molecule has 0 aliphatic rings. The topological polar surface area (TPSA) is 44.2 Å². The van der Waals surface area contributed by atoms with E-state index >= 15 is 0 Å². The minimum absolute atomic E-state index is 0.321. The van der Waals surface area contributed by atoms with E-state index in [1.165, 1.54) is 12.1 Å². The van der Waals surface area contributed by atoms with Crippen molar-refractivity contribution in [3.8, 4) is 22.6 Å². The van der Waals surface area contributed by atoms with Gasteiger partial charge in [0.2, 0.25) is 0 Å². The zero-order valence-corrected chi connectivity index (χ0v) is 13.5. The van der Waals surface area contributed by atoms with Gasteiger partial charge in [0.05, 0.1) is 12.8 Å². The highest BCUT2D eigenvalue weighted by molar-refractivity contribution is 5.70. The molecule has 3 aromatic rings. The lowest BCUT2D eigenvalue weighted by atomic mass is 10.0. The molecule has 0 aliphatic carbocycles. The van der Waals surface area contributed by atoms with Crippen molar-refractivity contribution in [1.82, 2.24) is 9.97 Å². The molecule has 4 nitrogen and oxygen atoms in total. The van der Waals surface area contributed by atoms with Gasteiger partial charge in [0, 0.05) is 35.3 Å². The second kappa shape index (κ2) is 7.08. The van der Waals surface area contributed by atoms with Crippen molar-refractivity contribution in [2.75, 3.05) is 7.11 Å². The van der Waals surface area contributed by atoms with E-state index in [4.69, 9.17) is 9.47 Å². The lowest BCUT2D eigenvalue weighted by Crippen LogP contribution is -1.99. The summed E-state index contributed by atoms with van der Waals surface area (Å²) in [6.45, 7) is 2.24. The van der Waals surface area contributed by atoms with Crippen molar-refractivity contribution in [3.05, 3.63) is 72.1 Å². The van der Waals surface area contributed by atoms with E-state index in [2.05, 4.69) is 9.97 Å². The Bertz CT molecular complexity index is 852. The fourth-order valence-electron chi connectivity index (χ4n) is 2.40. The van der Waals surface area contributed by atoms with E-state index in [1.54, 1.807) is 31.8 Å². The van der Waals surface area contributed by atoms with Gasteiger partial charge in [0.25, 0.3) is 0 Å². The SMILES string of the molecule is COc1ccc(F)cc1-c1cncc(COc2cccnc2C)c1.